The number of hydrogen-bond acceptors (Lipinski definition) is 3. The third kappa shape index (κ3) is 4.55. The molecular weight excluding hydrogens is 657 g/mol. The standard InChI is InChI=1S/C51H32N2O/c1-2-14-35(15-3-1)45-32-46(36-28-25-34(26-29-36)38-30-27-33-13-4-5-16-37(33)31-38)53-50(52-45)40-18-12-22-44-49(40)39-17-6-7-19-41(39)51(44)42-20-8-10-23-47(42)54-48-24-11-9-21-43(48)51/h1-32H. The third-order valence-corrected chi connectivity index (χ3v) is 11.2. The Kier molecular flexibility index (Phi) is 6.77. The third-order valence-electron chi connectivity index (χ3n) is 11.2. The van der Waals surface area contributed by atoms with E-state index in [4.69, 9.17) is 14.7 Å². The maximum absolute atomic E-state index is 6.57. The number of fused-ring (bicyclic) bond motifs is 10. The summed E-state index contributed by atoms with van der Waals surface area (Å²) in [7, 11) is 0. The van der Waals surface area contributed by atoms with Gasteiger partial charge in [-0.25, -0.2) is 9.97 Å². The van der Waals surface area contributed by atoms with Crippen LogP contribution in [0.5, 0.6) is 11.5 Å². The summed E-state index contributed by atoms with van der Waals surface area (Å²) >= 11 is 0. The molecule has 0 saturated heterocycles. The van der Waals surface area contributed by atoms with Crippen molar-refractivity contribution in [2.24, 2.45) is 0 Å². The number of rotatable bonds is 4. The van der Waals surface area contributed by atoms with Crippen LogP contribution in [0.15, 0.2) is 194 Å². The summed E-state index contributed by atoms with van der Waals surface area (Å²) in [4.78, 5) is 10.7. The lowest BCUT2D eigenvalue weighted by Crippen LogP contribution is -2.32. The quantitative estimate of drug-likeness (QED) is 0.185. The van der Waals surface area contributed by atoms with Gasteiger partial charge < -0.3 is 4.74 Å². The number of hydrogen-bond donors (Lipinski definition) is 0. The number of para-hydroxylation sites is 2. The summed E-state index contributed by atoms with van der Waals surface area (Å²) < 4.78 is 6.57. The molecule has 1 spiro atoms. The highest BCUT2D eigenvalue weighted by Gasteiger charge is 2.51. The summed E-state index contributed by atoms with van der Waals surface area (Å²) in [5.74, 6) is 2.45. The van der Waals surface area contributed by atoms with Crippen LogP contribution in [0.2, 0.25) is 0 Å². The zero-order valence-electron chi connectivity index (χ0n) is 29.3. The smallest absolute Gasteiger partial charge is 0.161 e. The van der Waals surface area contributed by atoms with Gasteiger partial charge in [0.1, 0.15) is 11.5 Å². The van der Waals surface area contributed by atoms with E-state index in [2.05, 4.69) is 188 Å². The molecule has 2 aliphatic rings. The molecule has 54 heavy (non-hydrogen) atoms. The number of benzene rings is 8. The summed E-state index contributed by atoms with van der Waals surface area (Å²) in [6.45, 7) is 0. The predicted octanol–water partition coefficient (Wildman–Crippen LogP) is 12.8. The van der Waals surface area contributed by atoms with Crippen LogP contribution in [0.1, 0.15) is 22.3 Å². The minimum atomic E-state index is -0.564. The highest BCUT2D eigenvalue weighted by molar-refractivity contribution is 5.96. The summed E-state index contributed by atoms with van der Waals surface area (Å²) in [6.07, 6.45) is 0. The summed E-state index contributed by atoms with van der Waals surface area (Å²) in [6, 6.07) is 68.8. The number of ether oxygens (including phenoxy) is 1. The molecule has 9 aromatic rings. The Morgan fingerprint density at radius 2 is 0.889 bits per heavy atom. The van der Waals surface area contributed by atoms with Gasteiger partial charge in [0.05, 0.1) is 16.8 Å². The minimum absolute atomic E-state index is 0.564. The molecule has 0 atom stereocenters. The van der Waals surface area contributed by atoms with Gasteiger partial charge in [-0.1, -0.05) is 170 Å². The topological polar surface area (TPSA) is 35.0 Å². The van der Waals surface area contributed by atoms with Crippen LogP contribution in [0, 0.1) is 0 Å². The molecule has 0 radical (unpaired) electrons. The van der Waals surface area contributed by atoms with Crippen LogP contribution in [-0.4, -0.2) is 9.97 Å². The van der Waals surface area contributed by atoms with Crippen molar-refractivity contribution in [3.05, 3.63) is 216 Å². The minimum Gasteiger partial charge on any atom is -0.457 e. The lowest BCUT2D eigenvalue weighted by atomic mass is 9.66. The molecule has 0 saturated carbocycles. The molecule has 1 aromatic heterocycles. The van der Waals surface area contributed by atoms with Gasteiger partial charge in [-0.15, -0.1) is 0 Å². The van der Waals surface area contributed by atoms with Gasteiger partial charge in [0, 0.05) is 27.8 Å². The first-order chi connectivity index (χ1) is 26.8. The molecule has 252 valence electrons. The van der Waals surface area contributed by atoms with Crippen molar-refractivity contribution in [2.75, 3.05) is 0 Å². The fourth-order valence-electron chi connectivity index (χ4n) is 8.76. The van der Waals surface area contributed by atoms with Crippen LogP contribution in [0.3, 0.4) is 0 Å². The summed E-state index contributed by atoms with van der Waals surface area (Å²) in [5.41, 5.74) is 13.7. The van der Waals surface area contributed by atoms with E-state index in [-0.39, 0.29) is 0 Å². The van der Waals surface area contributed by atoms with Crippen molar-refractivity contribution in [3.63, 3.8) is 0 Å². The van der Waals surface area contributed by atoms with Gasteiger partial charge in [-0.2, -0.15) is 0 Å². The van der Waals surface area contributed by atoms with Crippen LogP contribution in [0.4, 0.5) is 0 Å². The molecule has 1 aliphatic heterocycles. The molecule has 1 aliphatic carbocycles. The SMILES string of the molecule is c1ccc(-c2cc(-c3ccc(-c4ccc5ccccc5c4)cc3)nc(-c3cccc4c3-c3ccccc3C43c4ccccc4Oc4ccccc43)n2)cc1. The lowest BCUT2D eigenvalue weighted by molar-refractivity contribution is 0.436. The molecular formula is C51H32N2O. The van der Waals surface area contributed by atoms with E-state index in [0.29, 0.717) is 5.82 Å². The van der Waals surface area contributed by atoms with Crippen molar-refractivity contribution in [1.82, 2.24) is 9.97 Å². The Morgan fingerprint density at radius 1 is 0.352 bits per heavy atom. The van der Waals surface area contributed by atoms with Crippen molar-refractivity contribution < 1.29 is 4.74 Å². The van der Waals surface area contributed by atoms with E-state index in [1.165, 1.54) is 38.6 Å². The normalized spacial score (nSPS) is 13.1. The van der Waals surface area contributed by atoms with Gasteiger partial charge in [-0.3, -0.25) is 0 Å². The number of aromatic nitrogens is 2. The Bertz CT molecular complexity index is 2870. The molecule has 11 rings (SSSR count). The Hall–Kier alpha value is -7.10. The average Bonchev–Trinajstić information content (AvgIpc) is 3.54. The highest BCUT2D eigenvalue weighted by atomic mass is 16.5. The second-order valence-electron chi connectivity index (χ2n) is 14.1. The molecule has 8 aromatic carbocycles. The van der Waals surface area contributed by atoms with Crippen molar-refractivity contribution >= 4 is 10.8 Å². The van der Waals surface area contributed by atoms with Gasteiger partial charge in [-0.05, 0) is 68.4 Å². The van der Waals surface area contributed by atoms with E-state index in [0.717, 1.165) is 56.3 Å². The maximum atomic E-state index is 6.57. The lowest BCUT2D eigenvalue weighted by Gasteiger charge is -2.39. The van der Waals surface area contributed by atoms with Crippen LogP contribution in [0.25, 0.3) is 66.9 Å². The van der Waals surface area contributed by atoms with Gasteiger partial charge in [0.2, 0.25) is 0 Å². The summed E-state index contributed by atoms with van der Waals surface area (Å²) in [5, 5.41) is 2.48. The Labute approximate surface area is 313 Å². The van der Waals surface area contributed by atoms with Crippen LogP contribution >= 0.6 is 0 Å². The highest BCUT2D eigenvalue weighted by Crippen LogP contribution is 2.63. The fourth-order valence-corrected chi connectivity index (χ4v) is 8.76. The number of nitrogens with zero attached hydrogens (tertiary/aromatic N) is 2. The molecule has 2 heterocycles. The van der Waals surface area contributed by atoms with Gasteiger partial charge in [0.25, 0.3) is 0 Å². The molecule has 0 fully saturated rings. The van der Waals surface area contributed by atoms with Crippen LogP contribution in [-0.2, 0) is 5.41 Å². The van der Waals surface area contributed by atoms with Crippen molar-refractivity contribution in [2.45, 2.75) is 5.41 Å². The van der Waals surface area contributed by atoms with E-state index < -0.39 is 5.41 Å². The first-order valence-electron chi connectivity index (χ1n) is 18.4. The van der Waals surface area contributed by atoms with Crippen molar-refractivity contribution in [3.8, 4) is 67.7 Å². The zero-order chi connectivity index (χ0) is 35.6. The van der Waals surface area contributed by atoms with E-state index in [1.54, 1.807) is 0 Å². The van der Waals surface area contributed by atoms with Gasteiger partial charge in [0.15, 0.2) is 5.82 Å². The van der Waals surface area contributed by atoms with E-state index >= 15 is 0 Å². The monoisotopic (exact) mass is 688 g/mol. The van der Waals surface area contributed by atoms with E-state index in [9.17, 15) is 0 Å². The molecule has 3 nitrogen and oxygen atoms in total. The molecule has 0 N–H and O–H groups in total. The second-order valence-corrected chi connectivity index (χ2v) is 14.1. The molecule has 0 unspecified atom stereocenters. The first kappa shape index (κ1) is 30.5. The molecule has 0 bridgehead atoms. The molecule has 3 heteroatoms. The fraction of sp³-hybridized carbons (Fsp3) is 0.0196. The van der Waals surface area contributed by atoms with Crippen molar-refractivity contribution in [1.29, 1.82) is 0 Å². The first-order valence-corrected chi connectivity index (χ1v) is 18.4. The Balaban J connectivity index is 1.12. The second kappa shape index (κ2) is 12.0. The molecule has 0 amide bonds. The van der Waals surface area contributed by atoms with Crippen LogP contribution < -0.4 is 4.74 Å². The largest absolute Gasteiger partial charge is 0.457 e. The van der Waals surface area contributed by atoms with Gasteiger partial charge >= 0.3 is 0 Å². The average molecular weight is 689 g/mol. The Morgan fingerprint density at radius 3 is 1.63 bits per heavy atom. The predicted molar refractivity (Wildman–Crippen MR) is 219 cm³/mol. The maximum Gasteiger partial charge on any atom is 0.161 e. The van der Waals surface area contributed by atoms with E-state index in [1.807, 2.05) is 6.07 Å². The zero-order valence-corrected chi connectivity index (χ0v) is 29.3.